The van der Waals surface area contributed by atoms with E-state index in [0.29, 0.717) is 12.6 Å². The van der Waals surface area contributed by atoms with Crippen molar-refractivity contribution in [2.24, 2.45) is 5.73 Å². The summed E-state index contributed by atoms with van der Waals surface area (Å²) in [5, 5.41) is 3.37. The van der Waals surface area contributed by atoms with E-state index < -0.39 is 0 Å². The molecule has 1 atom stereocenters. The molecule has 0 aromatic carbocycles. The lowest BCUT2D eigenvalue weighted by Gasteiger charge is -2.14. The van der Waals surface area contributed by atoms with Gasteiger partial charge in [0.15, 0.2) is 0 Å². The van der Waals surface area contributed by atoms with Crippen LogP contribution in [0.2, 0.25) is 0 Å². The van der Waals surface area contributed by atoms with E-state index in [1.807, 2.05) is 12.3 Å². The third kappa shape index (κ3) is 2.36. The van der Waals surface area contributed by atoms with Gasteiger partial charge in [0.25, 0.3) is 0 Å². The molecule has 68 valence electrons. The Kier molecular flexibility index (Phi) is 3.84. The number of nitrogens with one attached hydrogen (secondary N) is 2. The van der Waals surface area contributed by atoms with Gasteiger partial charge in [-0.1, -0.05) is 6.92 Å². The quantitative estimate of drug-likeness (QED) is 0.613. The predicted octanol–water partition coefficient (Wildman–Crippen LogP) is 1.01. The summed E-state index contributed by atoms with van der Waals surface area (Å²) in [5.74, 6) is 0. The van der Waals surface area contributed by atoms with Crippen LogP contribution in [0.1, 0.15) is 25.1 Å². The third-order valence-corrected chi connectivity index (χ3v) is 1.94. The Morgan fingerprint density at radius 1 is 1.67 bits per heavy atom. The average Bonchev–Trinajstić information content (AvgIpc) is 2.59. The first-order chi connectivity index (χ1) is 5.88. The summed E-state index contributed by atoms with van der Waals surface area (Å²) in [6.07, 6.45) is 3.03. The zero-order chi connectivity index (χ0) is 8.81. The molecule has 3 nitrogen and oxygen atoms in total. The van der Waals surface area contributed by atoms with Gasteiger partial charge in [0.05, 0.1) is 0 Å². The standard InChI is InChI=1S/C9H17N3/c1-2-8(12-7-5-10)9-4-3-6-11-9/h3-4,6,8,11-12H,2,5,7,10H2,1H3. The van der Waals surface area contributed by atoms with Gasteiger partial charge >= 0.3 is 0 Å². The lowest BCUT2D eigenvalue weighted by Crippen LogP contribution is -2.26. The minimum Gasteiger partial charge on any atom is -0.364 e. The molecule has 0 saturated carbocycles. The van der Waals surface area contributed by atoms with Crippen molar-refractivity contribution in [1.82, 2.24) is 10.3 Å². The molecule has 0 fully saturated rings. The van der Waals surface area contributed by atoms with Crippen LogP contribution in [0.4, 0.5) is 0 Å². The van der Waals surface area contributed by atoms with Crippen LogP contribution in [-0.2, 0) is 0 Å². The Labute approximate surface area is 73.4 Å². The minimum atomic E-state index is 0.420. The number of rotatable bonds is 5. The number of aromatic amines is 1. The molecule has 0 aliphatic heterocycles. The molecule has 1 heterocycles. The Hall–Kier alpha value is -0.800. The van der Waals surface area contributed by atoms with Gasteiger partial charge in [-0.25, -0.2) is 0 Å². The molecule has 0 bridgehead atoms. The predicted molar refractivity (Wildman–Crippen MR) is 50.9 cm³/mol. The maximum Gasteiger partial charge on any atom is 0.0470 e. The van der Waals surface area contributed by atoms with Gasteiger partial charge in [-0.3, -0.25) is 0 Å². The zero-order valence-electron chi connectivity index (χ0n) is 7.51. The van der Waals surface area contributed by atoms with Crippen molar-refractivity contribution in [2.75, 3.05) is 13.1 Å². The van der Waals surface area contributed by atoms with Crippen LogP contribution in [-0.4, -0.2) is 18.1 Å². The van der Waals surface area contributed by atoms with Gasteiger partial charge < -0.3 is 16.0 Å². The molecule has 1 rings (SSSR count). The van der Waals surface area contributed by atoms with Gasteiger partial charge in [-0.2, -0.15) is 0 Å². The highest BCUT2D eigenvalue weighted by atomic mass is 14.9. The summed E-state index contributed by atoms with van der Waals surface area (Å²) >= 11 is 0. The topological polar surface area (TPSA) is 53.8 Å². The first-order valence-corrected chi connectivity index (χ1v) is 4.45. The highest BCUT2D eigenvalue weighted by Crippen LogP contribution is 2.12. The van der Waals surface area contributed by atoms with Crippen molar-refractivity contribution < 1.29 is 0 Å². The molecule has 3 heteroatoms. The molecule has 0 aliphatic rings. The lowest BCUT2D eigenvalue weighted by molar-refractivity contribution is 0.517. The van der Waals surface area contributed by atoms with Crippen LogP contribution in [0.5, 0.6) is 0 Å². The molecule has 0 aliphatic carbocycles. The van der Waals surface area contributed by atoms with E-state index in [0.717, 1.165) is 13.0 Å². The van der Waals surface area contributed by atoms with Gasteiger partial charge in [0, 0.05) is 31.0 Å². The van der Waals surface area contributed by atoms with Crippen molar-refractivity contribution in [3.63, 3.8) is 0 Å². The van der Waals surface area contributed by atoms with Crippen LogP contribution in [0, 0.1) is 0 Å². The Bertz CT molecular complexity index is 194. The van der Waals surface area contributed by atoms with E-state index in [1.54, 1.807) is 0 Å². The summed E-state index contributed by atoms with van der Waals surface area (Å²) < 4.78 is 0. The second-order valence-electron chi connectivity index (χ2n) is 2.83. The molecule has 12 heavy (non-hydrogen) atoms. The summed E-state index contributed by atoms with van der Waals surface area (Å²) in [5.41, 5.74) is 6.65. The second kappa shape index (κ2) is 4.95. The normalized spacial score (nSPS) is 13.2. The van der Waals surface area contributed by atoms with Crippen LogP contribution >= 0.6 is 0 Å². The fraction of sp³-hybridized carbons (Fsp3) is 0.556. The lowest BCUT2D eigenvalue weighted by atomic mass is 10.1. The maximum absolute atomic E-state index is 5.41. The highest BCUT2D eigenvalue weighted by Gasteiger charge is 2.07. The van der Waals surface area contributed by atoms with Crippen LogP contribution in [0.3, 0.4) is 0 Å². The van der Waals surface area contributed by atoms with E-state index in [9.17, 15) is 0 Å². The number of aromatic nitrogens is 1. The third-order valence-electron chi connectivity index (χ3n) is 1.94. The summed E-state index contributed by atoms with van der Waals surface area (Å²) in [6, 6.07) is 4.53. The number of hydrogen-bond donors (Lipinski definition) is 3. The number of hydrogen-bond acceptors (Lipinski definition) is 2. The zero-order valence-corrected chi connectivity index (χ0v) is 7.51. The monoisotopic (exact) mass is 167 g/mol. The highest BCUT2D eigenvalue weighted by molar-refractivity contribution is 5.08. The second-order valence-corrected chi connectivity index (χ2v) is 2.83. The van der Waals surface area contributed by atoms with Crippen molar-refractivity contribution in [2.45, 2.75) is 19.4 Å². The van der Waals surface area contributed by atoms with E-state index in [4.69, 9.17) is 5.73 Å². The Morgan fingerprint density at radius 2 is 2.50 bits per heavy atom. The van der Waals surface area contributed by atoms with Crippen molar-refractivity contribution in [3.8, 4) is 0 Å². The van der Waals surface area contributed by atoms with Gasteiger partial charge in [-0.15, -0.1) is 0 Å². The van der Waals surface area contributed by atoms with Gasteiger partial charge in [0.2, 0.25) is 0 Å². The fourth-order valence-electron chi connectivity index (χ4n) is 1.29. The maximum atomic E-state index is 5.41. The summed E-state index contributed by atoms with van der Waals surface area (Å²) in [6.45, 7) is 3.73. The van der Waals surface area contributed by atoms with Crippen molar-refractivity contribution in [1.29, 1.82) is 0 Å². The first kappa shape index (κ1) is 9.29. The van der Waals surface area contributed by atoms with Crippen LogP contribution in [0.15, 0.2) is 18.3 Å². The molecule has 0 saturated heterocycles. The molecule has 1 aromatic heterocycles. The fourth-order valence-corrected chi connectivity index (χ4v) is 1.29. The van der Waals surface area contributed by atoms with Crippen molar-refractivity contribution in [3.05, 3.63) is 24.0 Å². The Morgan fingerprint density at radius 3 is 3.00 bits per heavy atom. The smallest absolute Gasteiger partial charge is 0.0470 e. The van der Waals surface area contributed by atoms with E-state index in [2.05, 4.69) is 23.3 Å². The van der Waals surface area contributed by atoms with Crippen LogP contribution < -0.4 is 11.1 Å². The number of nitrogens with two attached hydrogens (primary N) is 1. The van der Waals surface area contributed by atoms with Gasteiger partial charge in [-0.05, 0) is 18.6 Å². The molecule has 1 unspecified atom stereocenters. The molecular formula is C9H17N3. The average molecular weight is 167 g/mol. The molecule has 0 spiro atoms. The van der Waals surface area contributed by atoms with Crippen LogP contribution in [0.25, 0.3) is 0 Å². The summed E-state index contributed by atoms with van der Waals surface area (Å²) in [4.78, 5) is 3.19. The largest absolute Gasteiger partial charge is 0.364 e. The molecule has 4 N–H and O–H groups in total. The van der Waals surface area contributed by atoms with E-state index in [1.165, 1.54) is 5.69 Å². The molecule has 0 amide bonds. The van der Waals surface area contributed by atoms with Crippen molar-refractivity contribution >= 4 is 0 Å². The first-order valence-electron chi connectivity index (χ1n) is 4.45. The molecular weight excluding hydrogens is 150 g/mol. The number of H-pyrrole nitrogens is 1. The van der Waals surface area contributed by atoms with Gasteiger partial charge in [0.1, 0.15) is 0 Å². The SMILES string of the molecule is CCC(NCCN)c1ccc[nH]1. The summed E-state index contributed by atoms with van der Waals surface area (Å²) in [7, 11) is 0. The molecule has 0 radical (unpaired) electrons. The van der Waals surface area contributed by atoms with E-state index >= 15 is 0 Å². The molecule has 1 aromatic rings. The van der Waals surface area contributed by atoms with E-state index in [-0.39, 0.29) is 0 Å². The Balaban J connectivity index is 2.45. The minimum absolute atomic E-state index is 0.420.